The molecule has 1 nitrogen and oxygen atoms in total. The average molecular weight is 519 g/mol. The zero-order chi connectivity index (χ0) is 21.8. The Morgan fingerprint density at radius 1 is 0.839 bits per heavy atom. The molecule has 0 atom stereocenters. The van der Waals surface area contributed by atoms with Gasteiger partial charge in [-0.25, -0.2) is 0 Å². The van der Waals surface area contributed by atoms with Gasteiger partial charge in [0.2, 0.25) is 0 Å². The summed E-state index contributed by atoms with van der Waals surface area (Å²) in [5.74, 6) is 0.676. The Morgan fingerprint density at radius 2 is 1.58 bits per heavy atom. The van der Waals surface area contributed by atoms with Crippen LogP contribution in [0.25, 0.3) is 39.6 Å². The fourth-order valence-electron chi connectivity index (χ4n) is 4.66. The minimum absolute atomic E-state index is 0.0810. The number of fused-ring (bicyclic) bond motifs is 4. The van der Waals surface area contributed by atoms with Gasteiger partial charge in [0.25, 0.3) is 0 Å². The van der Waals surface area contributed by atoms with E-state index in [0.29, 0.717) is 5.92 Å². The number of pyridine rings is 1. The first-order chi connectivity index (χ1) is 14.8. The van der Waals surface area contributed by atoms with Crippen LogP contribution in [-0.2, 0) is 11.8 Å². The summed E-state index contributed by atoms with van der Waals surface area (Å²) >= 11 is -0.466. The molecule has 31 heavy (non-hydrogen) atoms. The second-order valence-corrected chi connectivity index (χ2v) is 12.9. The molecule has 0 radical (unpaired) electrons. The second-order valence-electron chi connectivity index (χ2n) is 10.0. The second kappa shape index (κ2) is 7.77. The summed E-state index contributed by atoms with van der Waals surface area (Å²) in [7, 11) is 0. The summed E-state index contributed by atoms with van der Waals surface area (Å²) in [5.41, 5.74) is 5.49. The van der Waals surface area contributed by atoms with Crippen molar-refractivity contribution in [3.63, 3.8) is 0 Å². The van der Waals surface area contributed by atoms with Gasteiger partial charge in [0.1, 0.15) is 0 Å². The van der Waals surface area contributed by atoms with Crippen molar-refractivity contribution in [1.82, 2.24) is 4.98 Å². The zero-order valence-corrected chi connectivity index (χ0v) is 21.3. The molecule has 0 amide bonds. The molecule has 0 spiro atoms. The third-order valence-electron chi connectivity index (χ3n) is 6.07. The van der Waals surface area contributed by atoms with Gasteiger partial charge in [-0.3, -0.25) is 0 Å². The van der Waals surface area contributed by atoms with E-state index in [2.05, 4.69) is 95.3 Å². The van der Waals surface area contributed by atoms with Crippen molar-refractivity contribution in [2.24, 2.45) is 5.92 Å². The van der Waals surface area contributed by atoms with Crippen LogP contribution in [0.15, 0.2) is 66.9 Å². The van der Waals surface area contributed by atoms with Crippen molar-refractivity contribution in [1.29, 1.82) is 0 Å². The predicted octanol–water partition coefficient (Wildman–Crippen LogP) is 7.76. The Kier molecular flexibility index (Phi) is 5.20. The predicted molar refractivity (Wildman–Crippen MR) is 136 cm³/mol. The molecule has 0 saturated heterocycles. The van der Waals surface area contributed by atoms with Crippen LogP contribution in [0.5, 0.6) is 0 Å². The fraction of sp³-hybridized carbons (Fsp3) is 0.276. The molecular formula is C29H29NTe. The molecule has 0 bridgehead atoms. The van der Waals surface area contributed by atoms with Gasteiger partial charge in [0, 0.05) is 0 Å². The summed E-state index contributed by atoms with van der Waals surface area (Å²) in [6.07, 6.45) is 3.17. The van der Waals surface area contributed by atoms with E-state index >= 15 is 0 Å². The van der Waals surface area contributed by atoms with E-state index in [1.54, 1.807) is 8.97 Å². The summed E-state index contributed by atoms with van der Waals surface area (Å²) < 4.78 is 3.14. The molecule has 0 aliphatic heterocycles. The Morgan fingerprint density at radius 3 is 2.35 bits per heavy atom. The van der Waals surface area contributed by atoms with Crippen LogP contribution in [0.3, 0.4) is 0 Å². The molecule has 0 N–H and O–H groups in total. The maximum atomic E-state index is 4.96. The van der Waals surface area contributed by atoms with E-state index < -0.39 is 20.4 Å². The fourth-order valence-corrected chi connectivity index (χ4v) is 8.45. The van der Waals surface area contributed by atoms with E-state index in [4.69, 9.17) is 4.98 Å². The van der Waals surface area contributed by atoms with Gasteiger partial charge in [-0.15, -0.1) is 0 Å². The van der Waals surface area contributed by atoms with Crippen molar-refractivity contribution in [3.8, 4) is 11.3 Å². The van der Waals surface area contributed by atoms with Gasteiger partial charge in [0.15, 0.2) is 0 Å². The van der Waals surface area contributed by atoms with Crippen molar-refractivity contribution >= 4 is 48.8 Å². The van der Waals surface area contributed by atoms with Gasteiger partial charge in [-0.1, -0.05) is 0 Å². The molecule has 0 fully saturated rings. The summed E-state index contributed by atoms with van der Waals surface area (Å²) in [5, 5.41) is 5.53. The van der Waals surface area contributed by atoms with Crippen molar-refractivity contribution < 1.29 is 0 Å². The standard InChI is InChI=1S/C29H29NTe/c1-18(2)15-20-10-8-12-23-24-13-14-30-26(28(24)31-27(20)23)21-16-19-9-6-7-11-22(19)25(17-21)29(3,4)5/h6-14,16-18H,15H2,1-5H3. The van der Waals surface area contributed by atoms with Gasteiger partial charge < -0.3 is 0 Å². The number of nitrogens with zero attached hydrogens (tertiary/aromatic N) is 1. The summed E-state index contributed by atoms with van der Waals surface area (Å²) in [6.45, 7) is 11.6. The van der Waals surface area contributed by atoms with Gasteiger partial charge in [-0.2, -0.15) is 0 Å². The maximum absolute atomic E-state index is 4.96. The third-order valence-corrected chi connectivity index (χ3v) is 9.79. The van der Waals surface area contributed by atoms with Crippen molar-refractivity contribution in [3.05, 3.63) is 78.0 Å². The quantitative estimate of drug-likeness (QED) is 0.222. The van der Waals surface area contributed by atoms with Crippen LogP contribution in [0.2, 0.25) is 0 Å². The zero-order valence-electron chi connectivity index (χ0n) is 19.0. The molecule has 0 aliphatic rings. The number of aromatic nitrogens is 1. The van der Waals surface area contributed by atoms with Crippen LogP contribution in [0.4, 0.5) is 0 Å². The van der Waals surface area contributed by atoms with E-state index in [-0.39, 0.29) is 5.41 Å². The van der Waals surface area contributed by atoms with Crippen LogP contribution >= 0.6 is 0 Å². The first-order valence-electron chi connectivity index (χ1n) is 11.2. The van der Waals surface area contributed by atoms with E-state index in [1.165, 1.54) is 41.8 Å². The Labute approximate surface area is 194 Å². The number of hydrogen-bond donors (Lipinski definition) is 0. The van der Waals surface area contributed by atoms with Crippen molar-refractivity contribution in [2.75, 3.05) is 0 Å². The Bertz CT molecular complexity index is 1420. The Hall–Kier alpha value is -2.14. The van der Waals surface area contributed by atoms with Crippen LogP contribution in [-0.4, -0.2) is 25.4 Å². The monoisotopic (exact) mass is 521 g/mol. The number of rotatable bonds is 3. The van der Waals surface area contributed by atoms with Crippen LogP contribution < -0.4 is 0 Å². The first kappa shape index (κ1) is 20.7. The van der Waals surface area contributed by atoms with Gasteiger partial charge >= 0.3 is 195 Å². The number of benzene rings is 3. The number of hydrogen-bond acceptors (Lipinski definition) is 1. The van der Waals surface area contributed by atoms with E-state index in [1.807, 2.05) is 6.20 Å². The van der Waals surface area contributed by atoms with E-state index in [0.717, 1.165) is 6.42 Å². The molecule has 0 saturated carbocycles. The van der Waals surface area contributed by atoms with Crippen LogP contribution in [0.1, 0.15) is 45.7 Å². The SMILES string of the molecule is CC(C)Cc1cccc2c1[te]c1c(-c3cc(C(C)(C)C)c4ccccc4c3)nccc12. The molecule has 3 aromatic carbocycles. The van der Waals surface area contributed by atoms with Gasteiger partial charge in [-0.05, 0) is 0 Å². The molecule has 5 aromatic rings. The molecule has 0 unspecified atom stereocenters. The molecule has 156 valence electrons. The Balaban J connectivity index is 1.81. The normalized spacial score (nSPS) is 12.5. The van der Waals surface area contributed by atoms with Crippen molar-refractivity contribution in [2.45, 2.75) is 46.5 Å². The average Bonchev–Trinajstić information content (AvgIpc) is 3.12. The minimum atomic E-state index is -0.466. The molecule has 0 aliphatic carbocycles. The summed E-state index contributed by atoms with van der Waals surface area (Å²) in [6, 6.07) is 22.7. The molecular weight excluding hydrogens is 490 g/mol. The first-order valence-corrected chi connectivity index (χ1v) is 13.5. The molecule has 5 rings (SSSR count). The molecule has 2 heteroatoms. The molecule has 2 heterocycles. The van der Waals surface area contributed by atoms with Gasteiger partial charge in [0.05, 0.1) is 0 Å². The summed E-state index contributed by atoms with van der Waals surface area (Å²) in [4.78, 5) is 4.96. The third kappa shape index (κ3) is 3.71. The van der Waals surface area contributed by atoms with E-state index in [9.17, 15) is 0 Å². The topological polar surface area (TPSA) is 12.9 Å². The molecule has 2 aromatic heterocycles. The van der Waals surface area contributed by atoms with Crippen LogP contribution in [0, 0.1) is 5.92 Å².